The van der Waals surface area contributed by atoms with Gasteiger partial charge in [0.25, 0.3) is 0 Å². The van der Waals surface area contributed by atoms with Crippen LogP contribution in [0.25, 0.3) is 0 Å². The summed E-state index contributed by atoms with van der Waals surface area (Å²) in [6.07, 6.45) is 0. The van der Waals surface area contributed by atoms with Gasteiger partial charge < -0.3 is 0 Å². The van der Waals surface area contributed by atoms with Crippen molar-refractivity contribution in [3.05, 3.63) is 0 Å². The third-order valence-corrected chi connectivity index (χ3v) is 0. The SMILES string of the molecule is [Ag+].[O]=[Nb](=[O])[O-]. The Morgan fingerprint density at radius 3 is 1.40 bits per heavy atom. The third-order valence-electron chi connectivity index (χ3n) is 0. The van der Waals surface area contributed by atoms with Crippen LogP contribution in [-0.2, 0) is 47.7 Å². The van der Waals surface area contributed by atoms with Crippen molar-refractivity contribution in [3.63, 3.8) is 0 Å². The monoisotopic (exact) mass is 248 g/mol. The molecule has 0 amide bonds. The maximum atomic E-state index is 8.60. The second-order valence-corrected chi connectivity index (χ2v) is 1.32. The van der Waals surface area contributed by atoms with Crippen molar-refractivity contribution < 1.29 is 51.3 Å². The van der Waals surface area contributed by atoms with Crippen LogP contribution in [0.1, 0.15) is 0 Å². The Kier molecular flexibility index (Phi) is 9.48. The summed E-state index contributed by atoms with van der Waals surface area (Å²) in [5, 5.41) is 0. The quantitative estimate of drug-likeness (QED) is 0.494. The third kappa shape index (κ3) is 43.0. The van der Waals surface area contributed by atoms with E-state index in [9.17, 15) is 0 Å². The van der Waals surface area contributed by atoms with E-state index in [0.717, 1.165) is 0 Å². The van der Waals surface area contributed by atoms with E-state index in [4.69, 9.17) is 10.1 Å². The van der Waals surface area contributed by atoms with Crippen molar-refractivity contribution in [2.24, 2.45) is 0 Å². The zero-order valence-electron chi connectivity index (χ0n) is 1.97. The minimum atomic E-state index is -4.20. The normalized spacial score (nSPS) is 5.00. The van der Waals surface area contributed by atoms with Crippen LogP contribution >= 0.6 is 0 Å². The van der Waals surface area contributed by atoms with Gasteiger partial charge in [-0.2, -0.15) is 0 Å². The Morgan fingerprint density at radius 2 is 1.40 bits per heavy atom. The van der Waals surface area contributed by atoms with Crippen LogP contribution in [0, 0.1) is 0 Å². The van der Waals surface area contributed by atoms with Gasteiger partial charge in [-0.05, 0) is 0 Å². The molecule has 0 aromatic rings. The van der Waals surface area contributed by atoms with Crippen molar-refractivity contribution >= 4 is 0 Å². The van der Waals surface area contributed by atoms with Gasteiger partial charge in [0.1, 0.15) is 0 Å². The van der Waals surface area contributed by atoms with Gasteiger partial charge in [0.2, 0.25) is 0 Å². The van der Waals surface area contributed by atoms with Crippen molar-refractivity contribution in [2.75, 3.05) is 0 Å². The maximum absolute atomic E-state index is 8.60. The van der Waals surface area contributed by atoms with Gasteiger partial charge in [-0.15, -0.1) is 0 Å². The minimum absolute atomic E-state index is 0. The van der Waals surface area contributed by atoms with Gasteiger partial charge in [0, 0.05) is 0 Å². The van der Waals surface area contributed by atoms with E-state index < -0.39 is 18.8 Å². The summed E-state index contributed by atoms with van der Waals surface area (Å²) in [7, 11) is 0. The summed E-state index contributed by atoms with van der Waals surface area (Å²) in [4.78, 5) is 0. The number of hydrogen-bond donors (Lipinski definition) is 0. The molecule has 0 heterocycles. The molecule has 0 fully saturated rings. The molecule has 0 rings (SSSR count). The predicted molar refractivity (Wildman–Crippen MR) is 1.37 cm³/mol. The molecule has 0 unspecified atom stereocenters. The second kappa shape index (κ2) is 5.04. The average molecular weight is 249 g/mol. The van der Waals surface area contributed by atoms with Crippen LogP contribution in [0.5, 0.6) is 0 Å². The second-order valence-electron chi connectivity index (χ2n) is 0.224. The van der Waals surface area contributed by atoms with E-state index in [1.807, 2.05) is 0 Å². The van der Waals surface area contributed by atoms with Gasteiger partial charge in [-0.25, -0.2) is 0 Å². The molecule has 0 bridgehead atoms. The first kappa shape index (κ1) is 9.40. The molecular formula is AgNbO3. The molecule has 0 radical (unpaired) electrons. The standard InChI is InChI=1S/Ag.Nb.3O/q+1;;;;-1. The van der Waals surface area contributed by atoms with E-state index in [1.54, 1.807) is 0 Å². The molecule has 0 spiro atoms. The molecule has 0 aliphatic rings. The van der Waals surface area contributed by atoms with Gasteiger partial charge >= 0.3 is 51.3 Å². The van der Waals surface area contributed by atoms with E-state index >= 15 is 0 Å². The first-order valence-electron chi connectivity index (χ1n) is 0.548. The fraction of sp³-hybridized carbons (Fsp3) is 0. The summed E-state index contributed by atoms with van der Waals surface area (Å²) in [5.41, 5.74) is 0. The Balaban J connectivity index is 0. The molecular weight excluding hydrogens is 249 g/mol. The molecule has 0 aromatic carbocycles. The molecule has 0 saturated heterocycles. The number of hydrogen-bond acceptors (Lipinski definition) is 3. The molecule has 5 heavy (non-hydrogen) atoms. The molecule has 0 aliphatic heterocycles. The Labute approximate surface area is 51.2 Å². The van der Waals surface area contributed by atoms with Gasteiger partial charge in [-0.1, -0.05) is 0 Å². The fourth-order valence-electron chi connectivity index (χ4n) is 0. The Morgan fingerprint density at radius 1 is 1.40 bits per heavy atom. The molecule has 0 aromatic heterocycles. The fourth-order valence-corrected chi connectivity index (χ4v) is 0. The van der Waals surface area contributed by atoms with Crippen LogP contribution in [0.2, 0.25) is 0 Å². The van der Waals surface area contributed by atoms with Crippen LogP contribution in [0.3, 0.4) is 0 Å². The number of rotatable bonds is 0. The summed E-state index contributed by atoms with van der Waals surface area (Å²) < 4.78 is 25.8. The van der Waals surface area contributed by atoms with Crippen molar-refractivity contribution in [1.82, 2.24) is 0 Å². The zero-order chi connectivity index (χ0) is 3.58. The van der Waals surface area contributed by atoms with Crippen molar-refractivity contribution in [2.45, 2.75) is 0 Å². The molecule has 5 heteroatoms. The van der Waals surface area contributed by atoms with Crippen molar-refractivity contribution in [1.29, 1.82) is 0 Å². The van der Waals surface area contributed by atoms with E-state index in [1.165, 1.54) is 0 Å². The first-order chi connectivity index (χ1) is 1.73. The summed E-state index contributed by atoms with van der Waals surface area (Å²) >= 11 is -4.20. The van der Waals surface area contributed by atoms with Crippen LogP contribution in [0.15, 0.2) is 0 Å². The van der Waals surface area contributed by atoms with Crippen molar-refractivity contribution in [3.8, 4) is 0 Å². The Bertz CT molecular complexity index is 55.3. The molecule has 34 valence electrons. The van der Waals surface area contributed by atoms with Crippen LogP contribution in [-0.4, -0.2) is 0 Å². The van der Waals surface area contributed by atoms with Crippen LogP contribution in [0.4, 0.5) is 0 Å². The molecule has 0 N–H and O–H groups in total. The van der Waals surface area contributed by atoms with Crippen LogP contribution < -0.4 is 3.61 Å². The first-order valence-corrected chi connectivity index (χ1v) is 3.24. The average Bonchev–Trinajstić information content (AvgIpc) is 0.811. The summed E-state index contributed by atoms with van der Waals surface area (Å²) in [5.74, 6) is 0. The van der Waals surface area contributed by atoms with Gasteiger partial charge in [0.05, 0.1) is 0 Å². The van der Waals surface area contributed by atoms with Gasteiger partial charge in [0.15, 0.2) is 0 Å². The zero-order valence-corrected chi connectivity index (χ0v) is 5.65. The topological polar surface area (TPSA) is 57.2 Å². The molecule has 0 aliphatic carbocycles. The van der Waals surface area contributed by atoms with E-state index in [0.29, 0.717) is 0 Å². The summed E-state index contributed by atoms with van der Waals surface area (Å²) in [6, 6.07) is 0. The molecule has 3 nitrogen and oxygen atoms in total. The van der Waals surface area contributed by atoms with E-state index in [2.05, 4.69) is 0 Å². The summed E-state index contributed by atoms with van der Waals surface area (Å²) in [6.45, 7) is 0. The predicted octanol–water partition coefficient (Wildman–Crippen LogP) is -1.43. The Hall–Kier alpha value is 1.04. The molecule has 0 atom stereocenters. The van der Waals surface area contributed by atoms with E-state index in [-0.39, 0.29) is 22.4 Å². The van der Waals surface area contributed by atoms with Gasteiger partial charge in [-0.3, -0.25) is 0 Å². The molecule has 0 saturated carbocycles.